The molecule has 0 bridgehead atoms. The lowest BCUT2D eigenvalue weighted by Gasteiger charge is -2.09. The highest BCUT2D eigenvalue weighted by Gasteiger charge is 2.14. The lowest BCUT2D eigenvalue weighted by Crippen LogP contribution is -2.24. The number of hydrogen-bond acceptors (Lipinski definition) is 3. The SMILES string of the molecule is CC(O)c1ccc(-c2ccc(CNC3CCCC3)o2)cc1. The smallest absolute Gasteiger partial charge is 0.134 e. The molecule has 1 aliphatic rings. The van der Waals surface area contributed by atoms with Crippen molar-refractivity contribution in [2.24, 2.45) is 0 Å². The molecule has 0 amide bonds. The fourth-order valence-electron chi connectivity index (χ4n) is 2.93. The summed E-state index contributed by atoms with van der Waals surface area (Å²) in [5.41, 5.74) is 1.97. The third-order valence-corrected chi connectivity index (χ3v) is 4.26. The highest BCUT2D eigenvalue weighted by atomic mass is 16.3. The molecule has 1 fully saturated rings. The molecule has 3 rings (SSSR count). The zero-order chi connectivity index (χ0) is 14.7. The maximum absolute atomic E-state index is 9.53. The van der Waals surface area contributed by atoms with Crippen molar-refractivity contribution in [3.63, 3.8) is 0 Å². The molecule has 1 aromatic heterocycles. The molecule has 0 spiro atoms. The van der Waals surface area contributed by atoms with E-state index in [1.807, 2.05) is 36.4 Å². The molecule has 0 radical (unpaired) electrons. The first-order chi connectivity index (χ1) is 10.2. The standard InChI is InChI=1S/C18H23NO2/c1-13(20)14-6-8-15(9-7-14)18-11-10-17(21-18)12-19-16-4-2-3-5-16/h6-11,13,16,19-20H,2-5,12H2,1H3. The van der Waals surface area contributed by atoms with Crippen molar-refractivity contribution < 1.29 is 9.52 Å². The fourth-order valence-corrected chi connectivity index (χ4v) is 2.93. The fraction of sp³-hybridized carbons (Fsp3) is 0.444. The van der Waals surface area contributed by atoms with Crippen LogP contribution in [0.3, 0.4) is 0 Å². The molecule has 3 nitrogen and oxygen atoms in total. The van der Waals surface area contributed by atoms with Crippen LogP contribution in [0.1, 0.15) is 50.0 Å². The summed E-state index contributed by atoms with van der Waals surface area (Å²) < 4.78 is 5.90. The first-order valence-electron chi connectivity index (χ1n) is 7.83. The van der Waals surface area contributed by atoms with Crippen LogP contribution in [0.5, 0.6) is 0 Å². The van der Waals surface area contributed by atoms with Crippen LogP contribution in [-0.2, 0) is 6.54 Å². The molecule has 2 aromatic rings. The van der Waals surface area contributed by atoms with Crippen LogP contribution in [0.25, 0.3) is 11.3 Å². The predicted molar refractivity (Wildman–Crippen MR) is 83.9 cm³/mol. The Morgan fingerprint density at radius 1 is 1.14 bits per heavy atom. The molecule has 1 aliphatic carbocycles. The second-order valence-electron chi connectivity index (χ2n) is 5.93. The van der Waals surface area contributed by atoms with Crippen LogP contribution in [0, 0.1) is 0 Å². The van der Waals surface area contributed by atoms with E-state index in [0.717, 1.165) is 29.2 Å². The third-order valence-electron chi connectivity index (χ3n) is 4.26. The van der Waals surface area contributed by atoms with E-state index in [-0.39, 0.29) is 0 Å². The maximum Gasteiger partial charge on any atom is 0.134 e. The number of benzene rings is 1. The van der Waals surface area contributed by atoms with Gasteiger partial charge in [0.2, 0.25) is 0 Å². The molecular weight excluding hydrogens is 262 g/mol. The summed E-state index contributed by atoms with van der Waals surface area (Å²) in [6.45, 7) is 2.57. The van der Waals surface area contributed by atoms with Gasteiger partial charge in [0, 0.05) is 11.6 Å². The average Bonchev–Trinajstić information content (AvgIpc) is 3.17. The largest absolute Gasteiger partial charge is 0.460 e. The molecule has 2 N–H and O–H groups in total. The topological polar surface area (TPSA) is 45.4 Å². The minimum absolute atomic E-state index is 0.429. The van der Waals surface area contributed by atoms with Crippen molar-refractivity contribution in [1.82, 2.24) is 5.32 Å². The molecule has 1 unspecified atom stereocenters. The van der Waals surface area contributed by atoms with E-state index in [0.29, 0.717) is 6.04 Å². The van der Waals surface area contributed by atoms with E-state index in [1.165, 1.54) is 25.7 Å². The zero-order valence-electron chi connectivity index (χ0n) is 12.5. The summed E-state index contributed by atoms with van der Waals surface area (Å²) in [7, 11) is 0. The van der Waals surface area contributed by atoms with Crippen LogP contribution in [-0.4, -0.2) is 11.1 Å². The van der Waals surface area contributed by atoms with Crippen molar-refractivity contribution in [2.45, 2.75) is 51.3 Å². The number of furan rings is 1. The Morgan fingerprint density at radius 3 is 2.52 bits per heavy atom. The van der Waals surface area contributed by atoms with Crippen molar-refractivity contribution in [2.75, 3.05) is 0 Å². The second kappa shape index (κ2) is 6.46. The average molecular weight is 285 g/mol. The molecule has 1 atom stereocenters. The van der Waals surface area contributed by atoms with Crippen LogP contribution in [0.4, 0.5) is 0 Å². The molecule has 1 heterocycles. The molecule has 0 saturated heterocycles. The van der Waals surface area contributed by atoms with Crippen LogP contribution in [0.15, 0.2) is 40.8 Å². The van der Waals surface area contributed by atoms with Crippen LogP contribution >= 0.6 is 0 Å². The first kappa shape index (κ1) is 14.4. The number of aliphatic hydroxyl groups is 1. The first-order valence-corrected chi connectivity index (χ1v) is 7.83. The summed E-state index contributed by atoms with van der Waals surface area (Å²) >= 11 is 0. The Hall–Kier alpha value is -1.58. The van der Waals surface area contributed by atoms with E-state index in [4.69, 9.17) is 4.42 Å². The van der Waals surface area contributed by atoms with E-state index in [9.17, 15) is 5.11 Å². The Labute approximate surface area is 126 Å². The highest BCUT2D eigenvalue weighted by Crippen LogP contribution is 2.25. The van der Waals surface area contributed by atoms with Crippen molar-refractivity contribution in [1.29, 1.82) is 0 Å². The quantitative estimate of drug-likeness (QED) is 0.871. The van der Waals surface area contributed by atoms with Gasteiger partial charge in [0.15, 0.2) is 0 Å². The number of nitrogens with one attached hydrogen (secondary N) is 1. The molecule has 21 heavy (non-hydrogen) atoms. The van der Waals surface area contributed by atoms with Gasteiger partial charge in [-0.3, -0.25) is 0 Å². The number of aliphatic hydroxyl groups excluding tert-OH is 1. The van der Waals surface area contributed by atoms with Gasteiger partial charge in [-0.25, -0.2) is 0 Å². The summed E-state index contributed by atoms with van der Waals surface area (Å²) in [6, 6.07) is 12.6. The Morgan fingerprint density at radius 2 is 1.86 bits per heavy atom. The predicted octanol–water partition coefficient (Wildman–Crippen LogP) is 4.03. The van der Waals surface area contributed by atoms with Gasteiger partial charge in [0.25, 0.3) is 0 Å². The molecule has 3 heteroatoms. The summed E-state index contributed by atoms with van der Waals surface area (Å²) in [6.07, 6.45) is 4.83. The maximum atomic E-state index is 9.53. The Kier molecular flexibility index (Phi) is 4.42. The van der Waals surface area contributed by atoms with Gasteiger partial charge in [-0.1, -0.05) is 37.1 Å². The van der Waals surface area contributed by atoms with Gasteiger partial charge in [-0.05, 0) is 37.5 Å². The third kappa shape index (κ3) is 3.55. The molecule has 1 saturated carbocycles. The lowest BCUT2D eigenvalue weighted by molar-refractivity contribution is 0.199. The van der Waals surface area contributed by atoms with Gasteiger partial charge in [-0.2, -0.15) is 0 Å². The summed E-state index contributed by atoms with van der Waals surface area (Å²) in [4.78, 5) is 0. The van der Waals surface area contributed by atoms with Gasteiger partial charge >= 0.3 is 0 Å². The minimum Gasteiger partial charge on any atom is -0.460 e. The highest BCUT2D eigenvalue weighted by molar-refractivity contribution is 5.58. The molecular formula is C18H23NO2. The Bertz CT molecular complexity index is 565. The van der Waals surface area contributed by atoms with E-state index in [1.54, 1.807) is 6.92 Å². The van der Waals surface area contributed by atoms with Crippen molar-refractivity contribution in [3.8, 4) is 11.3 Å². The van der Waals surface area contributed by atoms with Gasteiger partial charge < -0.3 is 14.8 Å². The van der Waals surface area contributed by atoms with E-state index >= 15 is 0 Å². The van der Waals surface area contributed by atoms with Gasteiger partial charge in [0.05, 0.1) is 12.6 Å². The van der Waals surface area contributed by atoms with Crippen molar-refractivity contribution in [3.05, 3.63) is 47.7 Å². The molecule has 0 aliphatic heterocycles. The zero-order valence-corrected chi connectivity index (χ0v) is 12.5. The van der Waals surface area contributed by atoms with Gasteiger partial charge in [0.1, 0.15) is 11.5 Å². The molecule has 1 aromatic carbocycles. The lowest BCUT2D eigenvalue weighted by atomic mass is 10.1. The summed E-state index contributed by atoms with van der Waals surface area (Å²) in [5, 5.41) is 13.1. The molecule has 112 valence electrons. The number of rotatable bonds is 5. The van der Waals surface area contributed by atoms with Crippen LogP contribution < -0.4 is 5.32 Å². The van der Waals surface area contributed by atoms with Crippen LogP contribution in [0.2, 0.25) is 0 Å². The number of hydrogen-bond donors (Lipinski definition) is 2. The van der Waals surface area contributed by atoms with Crippen molar-refractivity contribution >= 4 is 0 Å². The van der Waals surface area contributed by atoms with E-state index in [2.05, 4.69) is 5.32 Å². The minimum atomic E-state index is -0.429. The summed E-state index contributed by atoms with van der Waals surface area (Å²) in [5.74, 6) is 1.87. The Balaban J connectivity index is 1.63. The normalized spacial score (nSPS) is 17.2. The second-order valence-corrected chi connectivity index (χ2v) is 5.93. The monoisotopic (exact) mass is 285 g/mol. The van der Waals surface area contributed by atoms with Gasteiger partial charge in [-0.15, -0.1) is 0 Å². The van der Waals surface area contributed by atoms with E-state index < -0.39 is 6.10 Å².